The van der Waals surface area contributed by atoms with Crippen molar-refractivity contribution < 1.29 is 18.5 Å². The van der Waals surface area contributed by atoms with Gasteiger partial charge in [-0.05, 0) is 30.5 Å². The van der Waals surface area contributed by atoms with Gasteiger partial charge >= 0.3 is 5.97 Å². The number of carbonyl (C=O) groups excluding carboxylic acids is 2. The number of nitrogens with zero attached hydrogens (tertiary/aromatic N) is 1. The average Bonchev–Trinajstić information content (AvgIpc) is 3.07. The van der Waals surface area contributed by atoms with Crippen molar-refractivity contribution in [2.75, 3.05) is 11.1 Å². The zero-order valence-electron chi connectivity index (χ0n) is 13.6. The number of amides is 1. The van der Waals surface area contributed by atoms with Crippen LogP contribution in [0.5, 0.6) is 0 Å². The molecule has 25 heavy (non-hydrogen) atoms. The quantitative estimate of drug-likeness (QED) is 0.782. The molecule has 130 valence electrons. The van der Waals surface area contributed by atoms with Crippen molar-refractivity contribution in [3.05, 3.63) is 46.8 Å². The molecule has 0 radical (unpaired) electrons. The molecule has 0 saturated heterocycles. The van der Waals surface area contributed by atoms with Crippen molar-refractivity contribution in [1.29, 1.82) is 5.26 Å². The number of rotatable bonds is 6. The van der Waals surface area contributed by atoms with Crippen LogP contribution in [0, 0.1) is 11.3 Å². The first-order valence-corrected chi connectivity index (χ1v) is 9.64. The number of benzene rings is 1. The molecule has 2 atom stereocenters. The third-order valence-electron chi connectivity index (χ3n) is 3.29. The standard InChI is InChI=1S/C17H16N2O4S2/c1-3-25(22)14-7-5-4-6-13(14)17(21)23-11(2)15(20)19-16-12(10-18)8-9-24-16/h4-9,11H,3H2,1-2H3,(H,19,20). The van der Waals surface area contributed by atoms with Crippen molar-refractivity contribution in [3.8, 4) is 6.07 Å². The van der Waals surface area contributed by atoms with E-state index in [1.165, 1.54) is 24.3 Å². The lowest BCUT2D eigenvalue weighted by Crippen LogP contribution is -2.30. The monoisotopic (exact) mass is 376 g/mol. The van der Waals surface area contributed by atoms with Crippen molar-refractivity contribution in [2.45, 2.75) is 24.8 Å². The Morgan fingerprint density at radius 2 is 2.08 bits per heavy atom. The Kier molecular flexibility index (Phi) is 6.44. The van der Waals surface area contributed by atoms with Gasteiger partial charge < -0.3 is 10.1 Å². The van der Waals surface area contributed by atoms with Gasteiger partial charge in [0.2, 0.25) is 0 Å². The van der Waals surface area contributed by atoms with Gasteiger partial charge in [0.1, 0.15) is 11.1 Å². The summed E-state index contributed by atoms with van der Waals surface area (Å²) in [6.45, 7) is 3.19. The minimum Gasteiger partial charge on any atom is -0.449 e. The highest BCUT2D eigenvalue weighted by Gasteiger charge is 2.23. The number of esters is 1. The molecule has 1 aromatic heterocycles. The number of nitrogens with one attached hydrogen (secondary N) is 1. The van der Waals surface area contributed by atoms with E-state index in [1.807, 2.05) is 6.07 Å². The molecule has 8 heteroatoms. The van der Waals surface area contributed by atoms with Crippen molar-refractivity contribution in [2.24, 2.45) is 0 Å². The second-order valence-corrected chi connectivity index (χ2v) is 7.57. The van der Waals surface area contributed by atoms with Crippen LogP contribution in [0.1, 0.15) is 29.8 Å². The first-order chi connectivity index (χ1) is 12.0. The van der Waals surface area contributed by atoms with Gasteiger partial charge in [-0.15, -0.1) is 11.3 Å². The number of anilines is 1. The van der Waals surface area contributed by atoms with E-state index in [0.29, 0.717) is 21.2 Å². The van der Waals surface area contributed by atoms with Crippen LogP contribution in [-0.2, 0) is 20.3 Å². The predicted octanol–water partition coefficient (Wildman–Crippen LogP) is 2.93. The third kappa shape index (κ3) is 4.53. The molecule has 1 amide bonds. The minimum atomic E-state index is -1.31. The van der Waals surface area contributed by atoms with Gasteiger partial charge in [0.15, 0.2) is 6.10 Å². The van der Waals surface area contributed by atoms with Crippen LogP contribution in [0.3, 0.4) is 0 Å². The predicted molar refractivity (Wildman–Crippen MR) is 95.9 cm³/mol. The Morgan fingerprint density at radius 1 is 1.36 bits per heavy atom. The molecule has 2 rings (SSSR count). The summed E-state index contributed by atoms with van der Waals surface area (Å²) in [6, 6.07) is 10.0. The number of hydrogen-bond donors (Lipinski definition) is 1. The molecule has 0 saturated carbocycles. The van der Waals surface area contributed by atoms with E-state index in [9.17, 15) is 13.8 Å². The highest BCUT2D eigenvalue weighted by molar-refractivity contribution is 7.85. The Hall–Kier alpha value is -2.50. The Bertz CT molecular complexity index is 854. The molecular weight excluding hydrogens is 360 g/mol. The lowest BCUT2D eigenvalue weighted by Gasteiger charge is -2.14. The molecule has 2 unspecified atom stereocenters. The topological polar surface area (TPSA) is 96.3 Å². The van der Waals surface area contributed by atoms with E-state index in [-0.39, 0.29) is 5.56 Å². The average molecular weight is 376 g/mol. The summed E-state index contributed by atoms with van der Waals surface area (Å²) in [4.78, 5) is 24.9. The van der Waals surface area contributed by atoms with E-state index in [1.54, 1.807) is 36.6 Å². The lowest BCUT2D eigenvalue weighted by atomic mass is 10.2. The maximum Gasteiger partial charge on any atom is 0.340 e. The molecule has 1 heterocycles. The van der Waals surface area contributed by atoms with E-state index in [2.05, 4.69) is 5.32 Å². The van der Waals surface area contributed by atoms with Crippen LogP contribution in [0.25, 0.3) is 0 Å². The van der Waals surface area contributed by atoms with Gasteiger partial charge in [-0.25, -0.2) is 4.79 Å². The fraction of sp³-hybridized carbons (Fsp3) is 0.235. The van der Waals surface area contributed by atoms with Gasteiger partial charge in [-0.2, -0.15) is 5.26 Å². The minimum absolute atomic E-state index is 0.177. The molecule has 0 aliphatic heterocycles. The zero-order chi connectivity index (χ0) is 18.4. The van der Waals surface area contributed by atoms with Crippen LogP contribution in [0.15, 0.2) is 40.6 Å². The summed E-state index contributed by atoms with van der Waals surface area (Å²) in [5.41, 5.74) is 0.525. The van der Waals surface area contributed by atoms with E-state index >= 15 is 0 Å². The number of thiophene rings is 1. The molecule has 1 aromatic carbocycles. The van der Waals surface area contributed by atoms with Crippen LogP contribution < -0.4 is 5.32 Å². The van der Waals surface area contributed by atoms with Crippen molar-refractivity contribution >= 4 is 39.0 Å². The first-order valence-electron chi connectivity index (χ1n) is 7.44. The first kappa shape index (κ1) is 18.8. The largest absolute Gasteiger partial charge is 0.449 e. The number of carbonyl (C=O) groups is 2. The van der Waals surface area contributed by atoms with Crippen molar-refractivity contribution in [1.82, 2.24) is 0 Å². The fourth-order valence-electron chi connectivity index (χ4n) is 1.97. The van der Waals surface area contributed by atoms with Crippen LogP contribution >= 0.6 is 11.3 Å². The molecular formula is C17H16N2O4S2. The molecule has 0 fully saturated rings. The van der Waals surface area contributed by atoms with Gasteiger partial charge in [-0.3, -0.25) is 9.00 Å². The molecule has 0 bridgehead atoms. The second-order valence-electron chi connectivity index (χ2n) is 4.94. The molecule has 0 aliphatic rings. The van der Waals surface area contributed by atoms with Crippen molar-refractivity contribution in [3.63, 3.8) is 0 Å². The van der Waals surface area contributed by atoms with Gasteiger partial charge in [-0.1, -0.05) is 19.1 Å². The zero-order valence-corrected chi connectivity index (χ0v) is 15.3. The summed E-state index contributed by atoms with van der Waals surface area (Å²) in [6.07, 6.45) is -1.07. The Morgan fingerprint density at radius 3 is 2.76 bits per heavy atom. The van der Waals surface area contributed by atoms with Gasteiger partial charge in [0, 0.05) is 5.75 Å². The SMILES string of the molecule is CCS(=O)c1ccccc1C(=O)OC(C)C(=O)Nc1sccc1C#N. The van der Waals surface area contributed by atoms with Crippen LogP contribution in [0.4, 0.5) is 5.00 Å². The van der Waals surface area contributed by atoms with Gasteiger partial charge in [0.25, 0.3) is 5.91 Å². The summed E-state index contributed by atoms with van der Waals surface area (Å²) in [5, 5.41) is 13.6. The highest BCUT2D eigenvalue weighted by atomic mass is 32.2. The van der Waals surface area contributed by atoms with Gasteiger partial charge in [0.05, 0.1) is 26.8 Å². The fourth-order valence-corrected chi connectivity index (χ4v) is 3.65. The number of hydrogen-bond acceptors (Lipinski definition) is 6. The summed E-state index contributed by atoms with van der Waals surface area (Å²) < 4.78 is 17.2. The highest BCUT2D eigenvalue weighted by Crippen LogP contribution is 2.22. The van der Waals surface area contributed by atoms with E-state index in [0.717, 1.165) is 0 Å². The number of ether oxygens (including phenoxy) is 1. The van der Waals surface area contributed by atoms with Crippen LogP contribution in [-0.4, -0.2) is 27.9 Å². The lowest BCUT2D eigenvalue weighted by molar-refractivity contribution is -0.123. The summed E-state index contributed by atoms with van der Waals surface area (Å²) >= 11 is 1.21. The molecule has 2 aromatic rings. The summed E-state index contributed by atoms with van der Waals surface area (Å²) in [5.74, 6) is -0.886. The molecule has 6 nitrogen and oxygen atoms in total. The van der Waals surface area contributed by atoms with E-state index in [4.69, 9.17) is 10.00 Å². The number of nitriles is 1. The third-order valence-corrected chi connectivity index (χ3v) is 5.49. The summed E-state index contributed by atoms with van der Waals surface area (Å²) in [7, 11) is -1.31. The maximum absolute atomic E-state index is 12.3. The smallest absolute Gasteiger partial charge is 0.340 e. The normalized spacial score (nSPS) is 12.7. The molecule has 0 aliphatic carbocycles. The maximum atomic E-state index is 12.3. The Balaban J connectivity index is 2.09. The Labute approximate surface area is 151 Å². The molecule has 1 N–H and O–H groups in total. The van der Waals surface area contributed by atoms with E-state index < -0.39 is 28.8 Å². The van der Waals surface area contributed by atoms with Crippen LogP contribution in [0.2, 0.25) is 0 Å². The molecule has 0 spiro atoms. The second kappa shape index (κ2) is 8.55.